The van der Waals surface area contributed by atoms with Crippen molar-refractivity contribution in [2.75, 3.05) is 32.7 Å². The second kappa shape index (κ2) is 10.4. The molecule has 8 heteroatoms. The van der Waals surface area contributed by atoms with Gasteiger partial charge in [-0.25, -0.2) is 9.59 Å². The third-order valence-electron chi connectivity index (χ3n) is 6.01. The van der Waals surface area contributed by atoms with Crippen LogP contribution in [0.15, 0.2) is 78.0 Å². The van der Waals surface area contributed by atoms with Crippen LogP contribution in [0.25, 0.3) is 10.8 Å². The van der Waals surface area contributed by atoms with E-state index in [4.69, 9.17) is 9.47 Å². The van der Waals surface area contributed by atoms with E-state index in [0.29, 0.717) is 28.1 Å². The normalized spacial score (nSPS) is 15.7. The summed E-state index contributed by atoms with van der Waals surface area (Å²) in [5, 5.41) is 7.79. The number of methoxy groups -OCH3 is 1. The average molecular weight is 474 g/mol. The molecule has 3 amide bonds. The fourth-order valence-electron chi connectivity index (χ4n) is 3.94. The number of nitrogens with zero attached hydrogens (tertiary/aromatic N) is 1. The molecule has 180 valence electrons. The minimum absolute atomic E-state index is 0.107. The molecule has 1 atom stereocenters. The number of benzene rings is 3. The highest BCUT2D eigenvalue weighted by molar-refractivity contribution is 6.06. The summed E-state index contributed by atoms with van der Waals surface area (Å²) in [6.45, 7) is 2.09. The molecule has 2 N–H and O–H groups in total. The first kappa shape index (κ1) is 24.0. The molecular formula is C27H27N3O5. The van der Waals surface area contributed by atoms with Gasteiger partial charge in [0, 0.05) is 31.1 Å². The maximum atomic E-state index is 12.8. The largest absolute Gasteiger partial charge is 0.460 e. The first-order valence-electron chi connectivity index (χ1n) is 11.2. The number of nitrogens with one attached hydrogen (secondary N) is 2. The van der Waals surface area contributed by atoms with Crippen molar-refractivity contribution in [1.82, 2.24) is 10.2 Å². The van der Waals surface area contributed by atoms with Crippen molar-refractivity contribution >= 4 is 34.4 Å². The molecule has 0 saturated carbocycles. The van der Waals surface area contributed by atoms with Crippen molar-refractivity contribution in [2.24, 2.45) is 0 Å². The van der Waals surface area contributed by atoms with Crippen molar-refractivity contribution in [2.45, 2.75) is 13.0 Å². The van der Waals surface area contributed by atoms with E-state index < -0.39 is 12.0 Å². The predicted octanol–water partition coefficient (Wildman–Crippen LogP) is 4.25. The zero-order chi connectivity index (χ0) is 24.9. The summed E-state index contributed by atoms with van der Waals surface area (Å²) in [5.74, 6) is -0.751. The number of hydrogen-bond donors (Lipinski definition) is 2. The van der Waals surface area contributed by atoms with Gasteiger partial charge in [0.05, 0.1) is 18.2 Å². The molecule has 1 aliphatic heterocycles. The van der Waals surface area contributed by atoms with E-state index >= 15 is 0 Å². The Hall–Kier alpha value is -4.17. The number of amides is 3. The maximum Gasteiger partial charge on any atom is 0.338 e. The van der Waals surface area contributed by atoms with Crippen molar-refractivity contribution in [3.05, 3.63) is 89.1 Å². The average Bonchev–Trinajstić information content (AvgIpc) is 2.87. The summed E-state index contributed by atoms with van der Waals surface area (Å²) in [4.78, 5) is 39.4. The quantitative estimate of drug-likeness (QED) is 0.395. The SMILES string of the molecule is COCCOC(=O)C1=C(C)N(C)C(=O)NC1c1ccc(NC(=O)c2ccc3ccccc3c2)cc1. The van der Waals surface area contributed by atoms with Crippen LogP contribution in [0.3, 0.4) is 0 Å². The molecule has 3 aromatic carbocycles. The first-order chi connectivity index (χ1) is 16.9. The van der Waals surface area contributed by atoms with Gasteiger partial charge in [0.2, 0.25) is 0 Å². The summed E-state index contributed by atoms with van der Waals surface area (Å²) in [6, 6.07) is 19.4. The Labute approximate surface area is 203 Å². The van der Waals surface area contributed by atoms with E-state index in [1.807, 2.05) is 36.4 Å². The van der Waals surface area contributed by atoms with Crippen LogP contribution in [0.5, 0.6) is 0 Å². The highest BCUT2D eigenvalue weighted by Crippen LogP contribution is 2.31. The Bertz CT molecular complexity index is 1300. The molecule has 0 fully saturated rings. The van der Waals surface area contributed by atoms with Crippen LogP contribution in [0.1, 0.15) is 28.9 Å². The van der Waals surface area contributed by atoms with E-state index in [-0.39, 0.29) is 25.2 Å². The molecule has 35 heavy (non-hydrogen) atoms. The fourth-order valence-corrected chi connectivity index (χ4v) is 3.94. The van der Waals surface area contributed by atoms with Crippen LogP contribution >= 0.6 is 0 Å². The minimum atomic E-state index is -0.681. The second-order valence-corrected chi connectivity index (χ2v) is 8.21. The Kier molecular flexibility index (Phi) is 7.12. The molecule has 0 aliphatic carbocycles. The number of urea groups is 1. The van der Waals surface area contributed by atoms with Crippen molar-refractivity contribution in [1.29, 1.82) is 0 Å². The first-order valence-corrected chi connectivity index (χ1v) is 11.2. The molecule has 1 unspecified atom stereocenters. The van der Waals surface area contributed by atoms with E-state index in [9.17, 15) is 14.4 Å². The van der Waals surface area contributed by atoms with Gasteiger partial charge in [-0.1, -0.05) is 42.5 Å². The summed E-state index contributed by atoms with van der Waals surface area (Å²) in [6.07, 6.45) is 0. The molecule has 1 heterocycles. The van der Waals surface area contributed by atoms with Gasteiger partial charge in [0.1, 0.15) is 6.61 Å². The van der Waals surface area contributed by atoms with Crippen LogP contribution in [-0.2, 0) is 14.3 Å². The lowest BCUT2D eigenvalue weighted by atomic mass is 9.95. The molecular weight excluding hydrogens is 446 g/mol. The number of hydrogen-bond acceptors (Lipinski definition) is 5. The molecule has 3 aromatic rings. The van der Waals surface area contributed by atoms with Crippen LogP contribution < -0.4 is 10.6 Å². The van der Waals surface area contributed by atoms with Crippen molar-refractivity contribution in [3.8, 4) is 0 Å². The number of esters is 1. The molecule has 0 bridgehead atoms. The summed E-state index contributed by atoms with van der Waals surface area (Å²) in [5.41, 5.74) is 2.69. The number of allylic oxidation sites excluding steroid dienone is 1. The van der Waals surface area contributed by atoms with Crippen LogP contribution in [-0.4, -0.2) is 50.2 Å². The number of ether oxygens (including phenoxy) is 2. The summed E-state index contributed by atoms with van der Waals surface area (Å²) < 4.78 is 10.3. The van der Waals surface area contributed by atoms with Crippen molar-refractivity contribution < 1.29 is 23.9 Å². The zero-order valence-corrected chi connectivity index (χ0v) is 19.8. The monoisotopic (exact) mass is 473 g/mol. The topological polar surface area (TPSA) is 97.0 Å². The molecule has 4 rings (SSSR count). The number of anilines is 1. The van der Waals surface area contributed by atoms with Gasteiger partial charge in [-0.15, -0.1) is 0 Å². The van der Waals surface area contributed by atoms with E-state index in [2.05, 4.69) is 10.6 Å². The van der Waals surface area contributed by atoms with Gasteiger partial charge >= 0.3 is 12.0 Å². The van der Waals surface area contributed by atoms with Gasteiger partial charge in [-0.2, -0.15) is 0 Å². The van der Waals surface area contributed by atoms with Gasteiger partial charge < -0.3 is 25.0 Å². The summed E-state index contributed by atoms with van der Waals surface area (Å²) in [7, 11) is 3.12. The van der Waals surface area contributed by atoms with E-state index in [1.54, 1.807) is 44.3 Å². The zero-order valence-electron chi connectivity index (χ0n) is 19.8. The smallest absolute Gasteiger partial charge is 0.338 e. The van der Waals surface area contributed by atoms with Gasteiger partial charge in [0.15, 0.2) is 0 Å². The predicted molar refractivity (Wildman–Crippen MR) is 133 cm³/mol. The highest BCUT2D eigenvalue weighted by Gasteiger charge is 2.35. The van der Waals surface area contributed by atoms with Crippen LogP contribution in [0, 0.1) is 0 Å². The van der Waals surface area contributed by atoms with Crippen molar-refractivity contribution in [3.63, 3.8) is 0 Å². The number of fused-ring (bicyclic) bond motifs is 1. The highest BCUT2D eigenvalue weighted by atomic mass is 16.6. The molecule has 1 aliphatic rings. The van der Waals surface area contributed by atoms with E-state index in [1.165, 1.54) is 12.0 Å². The number of carbonyl (C=O) groups is 3. The standard InChI is InChI=1S/C27H27N3O5/c1-17-23(26(32)35-15-14-34-3)24(29-27(33)30(17)2)19-10-12-22(13-11-19)28-25(31)21-9-8-18-6-4-5-7-20(18)16-21/h4-13,16,24H,14-15H2,1-3H3,(H,28,31)(H,29,33). The molecule has 0 aromatic heterocycles. The molecule has 0 saturated heterocycles. The fraction of sp³-hybridized carbons (Fsp3) is 0.222. The van der Waals surface area contributed by atoms with Gasteiger partial charge in [-0.3, -0.25) is 4.79 Å². The number of carbonyl (C=O) groups excluding carboxylic acids is 3. The third kappa shape index (κ3) is 5.17. The Balaban J connectivity index is 1.53. The Morgan fingerprint density at radius 1 is 1.00 bits per heavy atom. The summed E-state index contributed by atoms with van der Waals surface area (Å²) >= 11 is 0. The molecule has 0 radical (unpaired) electrons. The lowest BCUT2D eigenvalue weighted by Gasteiger charge is -2.33. The Morgan fingerprint density at radius 3 is 2.43 bits per heavy atom. The second-order valence-electron chi connectivity index (χ2n) is 8.21. The number of rotatable bonds is 7. The van der Waals surface area contributed by atoms with Crippen LogP contribution in [0.4, 0.5) is 10.5 Å². The van der Waals surface area contributed by atoms with Gasteiger partial charge in [0.25, 0.3) is 5.91 Å². The minimum Gasteiger partial charge on any atom is -0.460 e. The lowest BCUT2D eigenvalue weighted by Crippen LogP contribution is -2.46. The molecule has 0 spiro atoms. The van der Waals surface area contributed by atoms with Gasteiger partial charge in [-0.05, 0) is 47.5 Å². The third-order valence-corrected chi connectivity index (χ3v) is 6.01. The maximum absolute atomic E-state index is 12.8. The molecule has 8 nitrogen and oxygen atoms in total. The van der Waals surface area contributed by atoms with E-state index in [0.717, 1.165) is 10.8 Å². The lowest BCUT2D eigenvalue weighted by molar-refractivity contribution is -0.140. The van der Waals surface area contributed by atoms with Crippen LogP contribution in [0.2, 0.25) is 0 Å². The Morgan fingerprint density at radius 2 is 1.71 bits per heavy atom.